The molecule has 1 aromatic carbocycles. The number of ether oxygens (including phenoxy) is 2. The van der Waals surface area contributed by atoms with Gasteiger partial charge in [0, 0.05) is 29.1 Å². The van der Waals surface area contributed by atoms with Crippen LogP contribution in [0.2, 0.25) is 0 Å². The van der Waals surface area contributed by atoms with Crippen LogP contribution >= 0.6 is 15.9 Å². The first-order valence-corrected chi connectivity index (χ1v) is 14.6. The van der Waals surface area contributed by atoms with E-state index in [2.05, 4.69) is 28.9 Å². The summed E-state index contributed by atoms with van der Waals surface area (Å²) < 4.78 is 12.9. The van der Waals surface area contributed by atoms with Crippen LogP contribution in [0.5, 0.6) is 5.75 Å². The Morgan fingerprint density at radius 3 is 2.70 bits per heavy atom. The zero-order valence-electron chi connectivity index (χ0n) is 21.9. The summed E-state index contributed by atoms with van der Waals surface area (Å²) in [7, 11) is 1.69. The molecule has 0 aromatic heterocycles. The Hall–Kier alpha value is -1.96. The summed E-state index contributed by atoms with van der Waals surface area (Å²) in [5.41, 5.74) is 4.39. The van der Waals surface area contributed by atoms with Crippen molar-refractivity contribution >= 4 is 33.8 Å². The van der Waals surface area contributed by atoms with Crippen LogP contribution in [-0.4, -0.2) is 54.3 Å². The summed E-state index contributed by atoms with van der Waals surface area (Å²) in [5, 5.41) is 10.3. The molecule has 0 radical (unpaired) electrons. The summed E-state index contributed by atoms with van der Waals surface area (Å²) in [4.78, 5) is 28.9. The number of rotatable bonds is 8. The average Bonchev–Trinajstić information content (AvgIpc) is 3.43. The normalized spacial score (nSPS) is 28.7. The number of methoxy groups -OCH3 is 1. The first-order chi connectivity index (χ1) is 17.9. The van der Waals surface area contributed by atoms with E-state index in [-0.39, 0.29) is 47.5 Å². The minimum absolute atomic E-state index is 0.0306. The zero-order valence-corrected chi connectivity index (χ0v) is 23.5. The minimum atomic E-state index is -0.296. The number of hydrogen-bond donors (Lipinski definition) is 1. The van der Waals surface area contributed by atoms with Gasteiger partial charge in [0.2, 0.25) is 11.8 Å². The highest BCUT2D eigenvalue weighted by Gasteiger charge is 2.58. The lowest BCUT2D eigenvalue weighted by molar-refractivity contribution is -0.143. The monoisotopic (exact) mass is 571 g/mol. The van der Waals surface area contributed by atoms with Gasteiger partial charge in [-0.05, 0) is 67.9 Å². The number of nitrogens with zero attached hydrogens (tertiary/aromatic N) is 1. The second-order valence-electron chi connectivity index (χ2n) is 11.0. The third-order valence-electron chi connectivity index (χ3n) is 8.83. The average molecular weight is 573 g/mol. The molecule has 6 nitrogen and oxygen atoms in total. The molecule has 2 aliphatic heterocycles. The molecule has 3 fully saturated rings. The lowest BCUT2D eigenvalue weighted by atomic mass is 9.69. The Balaban J connectivity index is 1.36. The number of allylic oxidation sites excluding steroid dienone is 1. The summed E-state index contributed by atoms with van der Waals surface area (Å²) in [6.45, 7) is 3.09. The number of phenolic OH excluding ortho intramolecular Hbond substituents is 1. The summed E-state index contributed by atoms with van der Waals surface area (Å²) in [6, 6.07) is 5.52. The molecule has 1 N–H and O–H groups in total. The van der Waals surface area contributed by atoms with E-state index >= 15 is 0 Å². The fourth-order valence-electron chi connectivity index (χ4n) is 7.03. The van der Waals surface area contributed by atoms with Gasteiger partial charge in [-0.3, -0.25) is 14.5 Å². The third-order valence-corrected chi connectivity index (χ3v) is 9.32. The van der Waals surface area contributed by atoms with E-state index in [9.17, 15) is 14.7 Å². The number of amides is 2. The second kappa shape index (κ2) is 11.4. The van der Waals surface area contributed by atoms with Crippen molar-refractivity contribution in [2.75, 3.05) is 20.3 Å². The standard InChI is InChI=1S/C30H38BrNO5/c1-3-18(13-19-14-21(31)10-11-25(19)33)9-12-26-27-20(16-36-2)15-23-28(24(27)17-37-26)30(35)32(29(23)34)22-7-5-4-6-8-22/h10-11,13-14,22-24,26,28,33H,3-9,12,15-17H2,1-2H3/b18-13+/t23-,24+,26-,28-/m1/s1. The number of fused-ring (bicyclic) bond motifs is 3. The van der Waals surface area contributed by atoms with Crippen LogP contribution in [-0.2, 0) is 19.1 Å². The van der Waals surface area contributed by atoms with Gasteiger partial charge in [-0.15, -0.1) is 0 Å². The summed E-state index contributed by atoms with van der Waals surface area (Å²) in [6.07, 6.45) is 10.3. The van der Waals surface area contributed by atoms with Gasteiger partial charge in [0.1, 0.15) is 5.75 Å². The predicted octanol–water partition coefficient (Wildman–Crippen LogP) is 6.02. The van der Waals surface area contributed by atoms with E-state index in [0.717, 1.165) is 60.6 Å². The van der Waals surface area contributed by atoms with Crippen molar-refractivity contribution < 1.29 is 24.2 Å². The van der Waals surface area contributed by atoms with Crippen molar-refractivity contribution in [3.8, 4) is 5.75 Å². The van der Waals surface area contributed by atoms with Crippen molar-refractivity contribution in [3.63, 3.8) is 0 Å². The Labute approximate surface area is 228 Å². The van der Waals surface area contributed by atoms with Crippen LogP contribution in [0, 0.1) is 17.8 Å². The first-order valence-electron chi connectivity index (χ1n) is 13.8. The molecule has 0 bridgehead atoms. The van der Waals surface area contributed by atoms with Gasteiger partial charge in [-0.2, -0.15) is 0 Å². The SMILES string of the molecule is CC/C(=C\c1cc(Br)ccc1O)CC[C@H]1OC[C@H]2C1=C(COC)C[C@H]1C(=O)N(C3CCCCC3)C(=O)[C@H]12. The predicted molar refractivity (Wildman–Crippen MR) is 146 cm³/mol. The maximum absolute atomic E-state index is 13.7. The molecular formula is C30H38BrNO5. The highest BCUT2D eigenvalue weighted by atomic mass is 79.9. The van der Waals surface area contributed by atoms with Crippen molar-refractivity contribution in [1.29, 1.82) is 0 Å². The summed E-state index contributed by atoms with van der Waals surface area (Å²) >= 11 is 3.49. The number of likely N-dealkylation sites (tertiary alicyclic amines) is 1. The van der Waals surface area contributed by atoms with E-state index in [0.29, 0.717) is 19.6 Å². The Morgan fingerprint density at radius 1 is 1.19 bits per heavy atom. The zero-order chi connectivity index (χ0) is 26.1. The number of carbonyl (C=O) groups is 2. The van der Waals surface area contributed by atoms with Gasteiger partial charge < -0.3 is 14.6 Å². The number of phenols is 1. The number of hydrogen-bond acceptors (Lipinski definition) is 5. The molecule has 2 aliphatic carbocycles. The molecule has 0 spiro atoms. The molecule has 2 saturated heterocycles. The molecule has 2 heterocycles. The maximum Gasteiger partial charge on any atom is 0.234 e. The fourth-order valence-corrected chi connectivity index (χ4v) is 7.41. The van der Waals surface area contributed by atoms with Gasteiger partial charge in [0.15, 0.2) is 0 Å². The molecule has 1 saturated carbocycles. The minimum Gasteiger partial charge on any atom is -0.507 e. The van der Waals surface area contributed by atoms with Crippen LogP contribution in [0.25, 0.3) is 6.08 Å². The molecule has 200 valence electrons. The highest BCUT2D eigenvalue weighted by molar-refractivity contribution is 9.10. The van der Waals surface area contributed by atoms with Gasteiger partial charge >= 0.3 is 0 Å². The van der Waals surface area contributed by atoms with E-state index in [1.165, 1.54) is 17.6 Å². The van der Waals surface area contributed by atoms with Gasteiger partial charge in [-0.25, -0.2) is 0 Å². The van der Waals surface area contributed by atoms with Gasteiger partial charge in [0.05, 0.1) is 31.2 Å². The Bertz CT molecular complexity index is 1110. The van der Waals surface area contributed by atoms with Crippen LogP contribution in [0.15, 0.2) is 39.4 Å². The Morgan fingerprint density at radius 2 is 1.97 bits per heavy atom. The molecule has 4 atom stereocenters. The number of halogens is 1. The lowest BCUT2D eigenvalue weighted by Crippen LogP contribution is -2.42. The lowest BCUT2D eigenvalue weighted by Gasteiger charge is -2.31. The molecule has 0 unspecified atom stereocenters. The number of aromatic hydroxyl groups is 1. The molecule has 7 heteroatoms. The first kappa shape index (κ1) is 26.6. The molecule has 37 heavy (non-hydrogen) atoms. The Kier molecular flexibility index (Phi) is 8.22. The number of benzene rings is 1. The van der Waals surface area contributed by atoms with E-state index in [1.54, 1.807) is 18.1 Å². The van der Waals surface area contributed by atoms with Crippen LogP contribution in [0.4, 0.5) is 0 Å². The number of carbonyl (C=O) groups excluding carboxylic acids is 2. The number of imide groups is 1. The van der Waals surface area contributed by atoms with Gasteiger partial charge in [0.25, 0.3) is 0 Å². The molecule has 5 rings (SSSR count). The molecule has 2 amide bonds. The molecule has 4 aliphatic rings. The van der Waals surface area contributed by atoms with Crippen LogP contribution in [0.1, 0.15) is 70.3 Å². The van der Waals surface area contributed by atoms with E-state index < -0.39 is 0 Å². The van der Waals surface area contributed by atoms with E-state index in [4.69, 9.17) is 9.47 Å². The fraction of sp³-hybridized carbons (Fsp3) is 0.600. The van der Waals surface area contributed by atoms with Crippen molar-refractivity contribution in [1.82, 2.24) is 4.90 Å². The van der Waals surface area contributed by atoms with Crippen LogP contribution < -0.4 is 0 Å². The van der Waals surface area contributed by atoms with Crippen molar-refractivity contribution in [2.24, 2.45) is 17.8 Å². The smallest absolute Gasteiger partial charge is 0.234 e. The van der Waals surface area contributed by atoms with Gasteiger partial charge in [-0.1, -0.05) is 53.8 Å². The topological polar surface area (TPSA) is 76.1 Å². The van der Waals surface area contributed by atoms with E-state index in [1.807, 2.05) is 12.1 Å². The van der Waals surface area contributed by atoms with Crippen LogP contribution in [0.3, 0.4) is 0 Å². The van der Waals surface area contributed by atoms with Crippen molar-refractivity contribution in [2.45, 2.75) is 76.9 Å². The molecule has 1 aromatic rings. The largest absolute Gasteiger partial charge is 0.507 e. The maximum atomic E-state index is 13.7. The molecular weight excluding hydrogens is 534 g/mol. The summed E-state index contributed by atoms with van der Waals surface area (Å²) in [5.74, 6) is -0.285. The quantitative estimate of drug-likeness (QED) is 0.305. The third kappa shape index (κ3) is 5.19. The second-order valence-corrected chi connectivity index (χ2v) is 11.9. The highest BCUT2D eigenvalue weighted by Crippen LogP contribution is 2.51. The van der Waals surface area contributed by atoms with Crippen molar-refractivity contribution in [3.05, 3.63) is 45.0 Å².